The summed E-state index contributed by atoms with van der Waals surface area (Å²) in [4.78, 5) is 18.7. The summed E-state index contributed by atoms with van der Waals surface area (Å²) in [6.07, 6.45) is 4.56. The quantitative estimate of drug-likeness (QED) is 0.509. The van der Waals surface area contributed by atoms with Crippen molar-refractivity contribution in [3.05, 3.63) is 59.7 Å². The predicted octanol–water partition coefficient (Wildman–Crippen LogP) is 5.34. The minimum absolute atomic E-state index is 0.0469. The molecule has 0 saturated heterocycles. The first-order valence-corrected chi connectivity index (χ1v) is 11.9. The molecule has 1 aliphatic carbocycles. The van der Waals surface area contributed by atoms with Crippen LogP contribution in [0, 0.1) is 11.3 Å². The SMILES string of the molecule is CC(C)(C)C1CCC(N(Cc2ccc(C(=O)O)cc2)c2nc3ccccc3n2CCO)CC1. The van der Waals surface area contributed by atoms with Crippen LogP contribution in [-0.4, -0.2) is 38.4 Å². The number of para-hydroxylation sites is 2. The number of hydrogen-bond donors (Lipinski definition) is 2. The summed E-state index contributed by atoms with van der Waals surface area (Å²) in [5.74, 6) is 0.678. The zero-order chi connectivity index (χ0) is 23.6. The van der Waals surface area contributed by atoms with Gasteiger partial charge in [0.2, 0.25) is 5.95 Å². The Morgan fingerprint density at radius 2 is 1.73 bits per heavy atom. The van der Waals surface area contributed by atoms with Crippen molar-refractivity contribution in [3.8, 4) is 0 Å². The van der Waals surface area contributed by atoms with Gasteiger partial charge >= 0.3 is 5.97 Å². The van der Waals surface area contributed by atoms with Crippen molar-refractivity contribution in [2.24, 2.45) is 11.3 Å². The van der Waals surface area contributed by atoms with E-state index in [2.05, 4.69) is 36.3 Å². The number of hydrogen-bond acceptors (Lipinski definition) is 4. The van der Waals surface area contributed by atoms with Gasteiger partial charge in [-0.05, 0) is 66.8 Å². The molecule has 0 spiro atoms. The maximum Gasteiger partial charge on any atom is 0.335 e. The molecule has 33 heavy (non-hydrogen) atoms. The third-order valence-corrected chi connectivity index (χ3v) is 7.13. The molecule has 6 heteroatoms. The van der Waals surface area contributed by atoms with Gasteiger partial charge in [0.1, 0.15) is 0 Å². The summed E-state index contributed by atoms with van der Waals surface area (Å²) in [6, 6.07) is 15.5. The largest absolute Gasteiger partial charge is 0.478 e. The van der Waals surface area contributed by atoms with Crippen LogP contribution in [0.4, 0.5) is 5.95 Å². The van der Waals surface area contributed by atoms with E-state index in [0.29, 0.717) is 36.0 Å². The van der Waals surface area contributed by atoms with Gasteiger partial charge < -0.3 is 19.7 Å². The highest BCUT2D eigenvalue weighted by Crippen LogP contribution is 2.40. The minimum atomic E-state index is -0.913. The molecule has 0 unspecified atom stereocenters. The van der Waals surface area contributed by atoms with E-state index < -0.39 is 5.97 Å². The summed E-state index contributed by atoms with van der Waals surface area (Å²) in [6.45, 7) is 8.19. The van der Waals surface area contributed by atoms with Gasteiger partial charge in [0.25, 0.3) is 0 Å². The van der Waals surface area contributed by atoms with Crippen LogP contribution in [0.25, 0.3) is 11.0 Å². The van der Waals surface area contributed by atoms with Crippen molar-refractivity contribution in [2.75, 3.05) is 11.5 Å². The number of carboxylic acids is 1. The number of imidazole rings is 1. The fourth-order valence-electron chi connectivity index (χ4n) is 5.17. The number of carbonyl (C=O) groups is 1. The molecule has 6 nitrogen and oxygen atoms in total. The first-order chi connectivity index (χ1) is 15.8. The van der Waals surface area contributed by atoms with Crippen molar-refractivity contribution in [3.63, 3.8) is 0 Å². The monoisotopic (exact) mass is 449 g/mol. The fourth-order valence-corrected chi connectivity index (χ4v) is 5.17. The van der Waals surface area contributed by atoms with E-state index in [-0.39, 0.29) is 6.61 Å². The Hall–Kier alpha value is -2.86. The molecule has 3 aromatic rings. The van der Waals surface area contributed by atoms with E-state index in [1.165, 1.54) is 12.8 Å². The summed E-state index contributed by atoms with van der Waals surface area (Å²) in [5.41, 5.74) is 3.61. The van der Waals surface area contributed by atoms with Gasteiger partial charge in [-0.15, -0.1) is 0 Å². The van der Waals surface area contributed by atoms with Crippen molar-refractivity contribution in [1.29, 1.82) is 0 Å². The highest BCUT2D eigenvalue weighted by atomic mass is 16.4. The highest BCUT2D eigenvalue weighted by Gasteiger charge is 2.33. The Balaban J connectivity index is 1.70. The molecule has 1 fully saturated rings. The minimum Gasteiger partial charge on any atom is -0.478 e. The second-order valence-electron chi connectivity index (χ2n) is 10.3. The molecule has 4 rings (SSSR count). The molecule has 0 atom stereocenters. The normalized spacial score (nSPS) is 19.0. The van der Waals surface area contributed by atoms with E-state index in [0.717, 1.165) is 35.4 Å². The lowest BCUT2D eigenvalue weighted by Crippen LogP contribution is -2.41. The van der Waals surface area contributed by atoms with Crippen molar-refractivity contribution in [1.82, 2.24) is 9.55 Å². The molecule has 0 radical (unpaired) electrons. The molecule has 1 aliphatic rings. The lowest BCUT2D eigenvalue weighted by molar-refractivity contribution is 0.0697. The highest BCUT2D eigenvalue weighted by molar-refractivity contribution is 5.87. The van der Waals surface area contributed by atoms with Crippen LogP contribution in [0.3, 0.4) is 0 Å². The van der Waals surface area contributed by atoms with Crippen molar-refractivity contribution >= 4 is 23.0 Å². The molecule has 1 saturated carbocycles. The summed E-state index contributed by atoms with van der Waals surface area (Å²) in [7, 11) is 0. The zero-order valence-corrected chi connectivity index (χ0v) is 19.9. The van der Waals surface area contributed by atoms with Gasteiger partial charge in [0.05, 0.1) is 23.2 Å². The van der Waals surface area contributed by atoms with Crippen LogP contribution in [0.5, 0.6) is 0 Å². The van der Waals surface area contributed by atoms with Crippen molar-refractivity contribution < 1.29 is 15.0 Å². The third kappa shape index (κ3) is 5.06. The number of anilines is 1. The molecule has 0 aliphatic heterocycles. The topological polar surface area (TPSA) is 78.6 Å². The fraction of sp³-hybridized carbons (Fsp3) is 0.481. The number of benzene rings is 2. The second-order valence-corrected chi connectivity index (χ2v) is 10.3. The van der Waals surface area contributed by atoms with Gasteiger partial charge in [-0.2, -0.15) is 0 Å². The molecule has 2 N–H and O–H groups in total. The number of aliphatic hydroxyl groups excluding tert-OH is 1. The van der Waals surface area contributed by atoms with Gasteiger partial charge in [0.15, 0.2) is 0 Å². The van der Waals surface area contributed by atoms with Gasteiger partial charge in [-0.25, -0.2) is 9.78 Å². The van der Waals surface area contributed by atoms with Crippen LogP contribution in [-0.2, 0) is 13.1 Å². The van der Waals surface area contributed by atoms with Crippen LogP contribution >= 0.6 is 0 Å². The van der Waals surface area contributed by atoms with E-state index in [1.807, 2.05) is 30.3 Å². The Labute approximate surface area is 195 Å². The molecular formula is C27H35N3O3. The number of fused-ring (bicyclic) bond motifs is 1. The lowest BCUT2D eigenvalue weighted by atomic mass is 9.71. The van der Waals surface area contributed by atoms with E-state index in [1.54, 1.807) is 12.1 Å². The van der Waals surface area contributed by atoms with Crippen LogP contribution in [0.2, 0.25) is 0 Å². The number of rotatable bonds is 7. The maximum absolute atomic E-state index is 11.3. The second kappa shape index (κ2) is 9.56. The smallest absolute Gasteiger partial charge is 0.335 e. The van der Waals surface area contributed by atoms with Crippen LogP contribution in [0.1, 0.15) is 62.4 Å². The Morgan fingerprint density at radius 1 is 1.06 bits per heavy atom. The first-order valence-electron chi connectivity index (χ1n) is 11.9. The average molecular weight is 450 g/mol. The van der Waals surface area contributed by atoms with Gasteiger partial charge in [0, 0.05) is 19.1 Å². The van der Waals surface area contributed by atoms with Gasteiger partial charge in [-0.3, -0.25) is 0 Å². The predicted molar refractivity (Wildman–Crippen MR) is 132 cm³/mol. The molecule has 2 aromatic carbocycles. The summed E-state index contributed by atoms with van der Waals surface area (Å²) < 4.78 is 2.12. The number of nitrogens with zero attached hydrogens (tertiary/aromatic N) is 3. The maximum atomic E-state index is 11.3. The first kappa shape index (κ1) is 23.3. The van der Waals surface area contributed by atoms with E-state index in [9.17, 15) is 15.0 Å². The standard InChI is InChI=1S/C27H35N3O3/c1-27(2,3)21-12-14-22(15-13-21)30(18-19-8-10-20(11-9-19)25(32)33)26-28-23-6-4-5-7-24(23)29(26)16-17-31/h4-11,21-22,31H,12-18H2,1-3H3,(H,32,33). The number of aromatic carboxylic acids is 1. The van der Waals surface area contributed by atoms with Gasteiger partial charge in [-0.1, -0.05) is 45.0 Å². The van der Waals surface area contributed by atoms with Crippen LogP contribution in [0.15, 0.2) is 48.5 Å². The number of aromatic nitrogens is 2. The Kier molecular flexibility index (Phi) is 6.75. The average Bonchev–Trinajstić information content (AvgIpc) is 3.16. The van der Waals surface area contributed by atoms with E-state index in [4.69, 9.17) is 4.98 Å². The molecule has 0 amide bonds. The summed E-state index contributed by atoms with van der Waals surface area (Å²) in [5, 5.41) is 19.0. The lowest BCUT2D eigenvalue weighted by Gasteiger charge is -2.41. The molecule has 176 valence electrons. The number of aliphatic hydroxyl groups is 1. The molecule has 0 bridgehead atoms. The Bertz CT molecular complexity index is 1090. The summed E-state index contributed by atoms with van der Waals surface area (Å²) >= 11 is 0. The Morgan fingerprint density at radius 3 is 2.33 bits per heavy atom. The molecule has 1 heterocycles. The molecular weight excluding hydrogens is 414 g/mol. The molecule has 1 aromatic heterocycles. The van der Waals surface area contributed by atoms with Crippen molar-refractivity contribution in [2.45, 2.75) is 65.6 Å². The van der Waals surface area contributed by atoms with Crippen LogP contribution < -0.4 is 4.90 Å². The van der Waals surface area contributed by atoms with E-state index >= 15 is 0 Å². The zero-order valence-electron chi connectivity index (χ0n) is 19.9. The third-order valence-electron chi connectivity index (χ3n) is 7.13. The number of carboxylic acid groups (broad SMARTS) is 1.